The number of halogens is 1. The quantitative estimate of drug-likeness (QED) is 0.900. The van der Waals surface area contributed by atoms with Gasteiger partial charge in [0.25, 0.3) is 0 Å². The van der Waals surface area contributed by atoms with Gasteiger partial charge in [-0.15, -0.1) is 0 Å². The molecule has 0 amide bonds. The Morgan fingerprint density at radius 2 is 1.75 bits per heavy atom. The third-order valence-electron chi connectivity index (χ3n) is 4.33. The van der Waals surface area contributed by atoms with Crippen molar-refractivity contribution in [2.75, 3.05) is 13.1 Å². The van der Waals surface area contributed by atoms with E-state index in [1.807, 2.05) is 31.2 Å². The molecule has 1 N–H and O–H groups in total. The smallest absolute Gasteiger partial charge is 0.328 e. The molecule has 1 aliphatic heterocycles. The second-order valence-electron chi connectivity index (χ2n) is 5.43. The van der Waals surface area contributed by atoms with Gasteiger partial charge in [-0.05, 0) is 50.0 Å². The second kappa shape index (κ2) is 6.72. The maximum Gasteiger partial charge on any atom is 0.328 e. The van der Waals surface area contributed by atoms with Gasteiger partial charge in [0.2, 0.25) is 0 Å². The SMILES string of the molecule is CCC(C(=O)O)(c1ccc(Br)cc1)N1CCCCCC1. The molecule has 0 radical (unpaired) electrons. The van der Waals surface area contributed by atoms with Crippen LogP contribution in [0.2, 0.25) is 0 Å². The Kier molecular flexibility index (Phi) is 5.22. The Bertz CT molecular complexity index is 452. The number of carboxylic acids is 1. The van der Waals surface area contributed by atoms with Gasteiger partial charge in [-0.2, -0.15) is 0 Å². The molecular weight excluding hydrogens is 318 g/mol. The maximum atomic E-state index is 12.1. The molecule has 2 rings (SSSR count). The number of aliphatic carboxylic acids is 1. The lowest BCUT2D eigenvalue weighted by Crippen LogP contribution is -2.52. The fourth-order valence-corrected chi connectivity index (χ4v) is 3.46. The van der Waals surface area contributed by atoms with Gasteiger partial charge in [0.15, 0.2) is 0 Å². The van der Waals surface area contributed by atoms with Crippen molar-refractivity contribution in [1.29, 1.82) is 0 Å². The van der Waals surface area contributed by atoms with Crippen molar-refractivity contribution in [3.8, 4) is 0 Å². The number of hydrogen-bond acceptors (Lipinski definition) is 2. The second-order valence-corrected chi connectivity index (χ2v) is 6.34. The topological polar surface area (TPSA) is 40.5 Å². The van der Waals surface area contributed by atoms with Gasteiger partial charge in [-0.3, -0.25) is 4.90 Å². The number of benzene rings is 1. The van der Waals surface area contributed by atoms with Crippen LogP contribution in [0, 0.1) is 0 Å². The number of carboxylic acid groups (broad SMARTS) is 1. The summed E-state index contributed by atoms with van der Waals surface area (Å²) < 4.78 is 0.979. The van der Waals surface area contributed by atoms with Gasteiger partial charge in [0.05, 0.1) is 0 Å². The van der Waals surface area contributed by atoms with Gasteiger partial charge in [-0.25, -0.2) is 4.79 Å². The van der Waals surface area contributed by atoms with E-state index in [0.717, 1.165) is 36.0 Å². The Hall–Kier alpha value is -0.870. The predicted octanol–water partition coefficient (Wildman–Crippen LogP) is 4.02. The number of nitrogens with zero attached hydrogens (tertiary/aromatic N) is 1. The van der Waals surface area contributed by atoms with E-state index >= 15 is 0 Å². The van der Waals surface area contributed by atoms with Gasteiger partial charge < -0.3 is 5.11 Å². The average Bonchev–Trinajstić information content (AvgIpc) is 2.71. The van der Waals surface area contributed by atoms with E-state index in [-0.39, 0.29) is 0 Å². The molecule has 1 aromatic carbocycles. The Balaban J connectivity index is 2.43. The first kappa shape index (κ1) is 15.5. The minimum atomic E-state index is -0.884. The molecule has 0 aliphatic carbocycles. The van der Waals surface area contributed by atoms with Crippen molar-refractivity contribution in [1.82, 2.24) is 4.90 Å². The lowest BCUT2D eigenvalue weighted by molar-refractivity contribution is -0.153. The zero-order valence-electron chi connectivity index (χ0n) is 11.9. The van der Waals surface area contributed by atoms with E-state index in [1.165, 1.54) is 12.8 Å². The Morgan fingerprint density at radius 3 is 2.20 bits per heavy atom. The standard InChI is InChI=1S/C16H22BrNO2/c1-2-16(15(19)20,13-7-9-14(17)10-8-13)18-11-5-3-4-6-12-18/h7-10H,2-6,11-12H2,1H3,(H,19,20). The summed E-state index contributed by atoms with van der Waals surface area (Å²) in [7, 11) is 0. The normalized spacial score (nSPS) is 20.1. The third-order valence-corrected chi connectivity index (χ3v) is 4.86. The van der Waals surface area contributed by atoms with Crippen LogP contribution in [0.5, 0.6) is 0 Å². The summed E-state index contributed by atoms with van der Waals surface area (Å²) in [6, 6.07) is 7.74. The molecule has 0 bridgehead atoms. The highest BCUT2D eigenvalue weighted by molar-refractivity contribution is 9.10. The molecule has 1 saturated heterocycles. The van der Waals surface area contributed by atoms with Crippen LogP contribution in [0.4, 0.5) is 0 Å². The first-order valence-electron chi connectivity index (χ1n) is 7.35. The van der Waals surface area contributed by atoms with Crippen LogP contribution in [0.15, 0.2) is 28.7 Å². The minimum Gasteiger partial charge on any atom is -0.480 e. The van der Waals surface area contributed by atoms with Gasteiger partial charge >= 0.3 is 5.97 Å². The van der Waals surface area contributed by atoms with E-state index in [9.17, 15) is 9.90 Å². The Morgan fingerprint density at radius 1 is 1.20 bits per heavy atom. The van der Waals surface area contributed by atoms with Crippen LogP contribution in [-0.4, -0.2) is 29.1 Å². The summed E-state index contributed by atoms with van der Waals surface area (Å²) in [5.41, 5.74) is 0.00278. The van der Waals surface area contributed by atoms with Gasteiger partial charge in [0.1, 0.15) is 5.54 Å². The summed E-state index contributed by atoms with van der Waals surface area (Å²) >= 11 is 3.42. The molecule has 1 aromatic rings. The van der Waals surface area contributed by atoms with E-state index < -0.39 is 11.5 Å². The average molecular weight is 340 g/mol. The van der Waals surface area contributed by atoms with E-state index in [0.29, 0.717) is 6.42 Å². The molecule has 1 fully saturated rings. The van der Waals surface area contributed by atoms with Crippen molar-refractivity contribution >= 4 is 21.9 Å². The highest BCUT2D eigenvalue weighted by Crippen LogP contribution is 2.35. The third kappa shape index (κ3) is 2.91. The van der Waals surface area contributed by atoms with Crippen LogP contribution in [-0.2, 0) is 10.3 Å². The van der Waals surface area contributed by atoms with E-state index in [4.69, 9.17) is 0 Å². The molecule has 3 nitrogen and oxygen atoms in total. The van der Waals surface area contributed by atoms with Crippen molar-refractivity contribution in [2.45, 2.75) is 44.6 Å². The van der Waals surface area contributed by atoms with Crippen molar-refractivity contribution in [3.05, 3.63) is 34.3 Å². The van der Waals surface area contributed by atoms with Crippen LogP contribution in [0.25, 0.3) is 0 Å². The minimum absolute atomic E-state index is 0.587. The number of carbonyl (C=O) groups is 1. The van der Waals surface area contributed by atoms with Crippen LogP contribution in [0.1, 0.15) is 44.6 Å². The Labute approximate surface area is 129 Å². The maximum absolute atomic E-state index is 12.1. The number of hydrogen-bond donors (Lipinski definition) is 1. The summed E-state index contributed by atoms with van der Waals surface area (Å²) in [6.07, 6.45) is 5.17. The summed E-state index contributed by atoms with van der Waals surface area (Å²) in [5.74, 6) is -0.732. The molecule has 0 saturated carbocycles. The summed E-state index contributed by atoms with van der Waals surface area (Å²) in [6.45, 7) is 3.72. The fourth-order valence-electron chi connectivity index (χ4n) is 3.20. The molecule has 110 valence electrons. The first-order valence-corrected chi connectivity index (χ1v) is 8.15. The summed E-state index contributed by atoms with van der Waals surface area (Å²) in [5, 5.41) is 9.94. The largest absolute Gasteiger partial charge is 0.480 e. The highest BCUT2D eigenvalue weighted by Gasteiger charge is 2.44. The van der Waals surface area contributed by atoms with Crippen molar-refractivity contribution in [2.24, 2.45) is 0 Å². The molecule has 0 spiro atoms. The molecule has 1 aliphatic rings. The molecular formula is C16H22BrNO2. The molecule has 1 unspecified atom stereocenters. The molecule has 4 heteroatoms. The highest BCUT2D eigenvalue weighted by atomic mass is 79.9. The zero-order chi connectivity index (χ0) is 14.6. The van der Waals surface area contributed by atoms with E-state index in [1.54, 1.807) is 0 Å². The lowest BCUT2D eigenvalue weighted by Gasteiger charge is -2.40. The molecule has 1 heterocycles. The van der Waals surface area contributed by atoms with Crippen LogP contribution in [0.3, 0.4) is 0 Å². The van der Waals surface area contributed by atoms with Crippen molar-refractivity contribution < 1.29 is 9.90 Å². The fraction of sp³-hybridized carbons (Fsp3) is 0.562. The first-order chi connectivity index (χ1) is 9.61. The predicted molar refractivity (Wildman–Crippen MR) is 83.8 cm³/mol. The van der Waals surface area contributed by atoms with Crippen LogP contribution >= 0.6 is 15.9 Å². The monoisotopic (exact) mass is 339 g/mol. The molecule has 20 heavy (non-hydrogen) atoms. The molecule has 0 aromatic heterocycles. The lowest BCUT2D eigenvalue weighted by atomic mass is 9.85. The number of likely N-dealkylation sites (tertiary alicyclic amines) is 1. The zero-order valence-corrected chi connectivity index (χ0v) is 13.5. The van der Waals surface area contributed by atoms with Gasteiger partial charge in [-0.1, -0.05) is 47.8 Å². The summed E-state index contributed by atoms with van der Waals surface area (Å²) in [4.78, 5) is 14.3. The number of rotatable bonds is 4. The van der Waals surface area contributed by atoms with Crippen molar-refractivity contribution in [3.63, 3.8) is 0 Å². The van der Waals surface area contributed by atoms with E-state index in [2.05, 4.69) is 20.8 Å². The molecule has 1 atom stereocenters. The van der Waals surface area contributed by atoms with Gasteiger partial charge in [0, 0.05) is 4.47 Å². The van der Waals surface area contributed by atoms with Crippen LogP contribution < -0.4 is 0 Å².